The van der Waals surface area contributed by atoms with Crippen LogP contribution in [0.3, 0.4) is 0 Å². The summed E-state index contributed by atoms with van der Waals surface area (Å²) < 4.78 is 23.1. The predicted molar refractivity (Wildman–Crippen MR) is 88.8 cm³/mol. The number of nitrogens with zero attached hydrogens (tertiary/aromatic N) is 2. The fourth-order valence-corrected chi connectivity index (χ4v) is 3.06. The molecule has 10 nitrogen and oxygen atoms in total. The average molecular weight is 367 g/mol. The van der Waals surface area contributed by atoms with Crippen molar-refractivity contribution in [2.75, 3.05) is 19.5 Å². The number of fused-ring (bicyclic) bond motifs is 1. The molecular formula is C16H21N3O7. The van der Waals surface area contributed by atoms with Crippen LogP contribution in [0.5, 0.6) is 0 Å². The smallest absolute Gasteiger partial charge is 0.351 e. The Morgan fingerprint density at radius 2 is 2.15 bits per heavy atom. The van der Waals surface area contributed by atoms with Gasteiger partial charge >= 0.3 is 11.7 Å². The number of rotatable bonds is 4. The van der Waals surface area contributed by atoms with Crippen LogP contribution in [0.1, 0.15) is 25.6 Å². The Labute approximate surface area is 149 Å². The standard InChI is InChI=1S/C16H21N3O7/c1-16(2)25-11-9(7-20)24-14(12(11)26-16)19-6-8(4-5-10(21)23-3)13(17)18-15(19)22/h4-6,9,11-12,14,20H,7H2,1-3H3,(H2,17,18,22)/b5-4+/t9-,11+,12+,14?/m1/s1. The van der Waals surface area contributed by atoms with Gasteiger partial charge in [-0.15, -0.1) is 0 Å². The molecule has 1 aromatic rings. The summed E-state index contributed by atoms with van der Waals surface area (Å²) in [5, 5.41) is 9.54. The van der Waals surface area contributed by atoms with Gasteiger partial charge in [-0.25, -0.2) is 9.59 Å². The molecule has 10 heteroatoms. The third kappa shape index (κ3) is 3.36. The van der Waals surface area contributed by atoms with Gasteiger partial charge in [0.05, 0.1) is 13.7 Å². The first-order chi connectivity index (χ1) is 12.3. The van der Waals surface area contributed by atoms with Crippen LogP contribution in [0.25, 0.3) is 6.08 Å². The minimum Gasteiger partial charge on any atom is -0.466 e. The molecule has 2 aliphatic heterocycles. The molecule has 0 bridgehead atoms. The summed E-state index contributed by atoms with van der Waals surface area (Å²) in [6, 6.07) is 0. The largest absolute Gasteiger partial charge is 0.466 e. The number of hydrogen-bond donors (Lipinski definition) is 2. The molecule has 1 aromatic heterocycles. The van der Waals surface area contributed by atoms with E-state index in [4.69, 9.17) is 19.9 Å². The van der Waals surface area contributed by atoms with Crippen molar-refractivity contribution in [2.45, 2.75) is 44.2 Å². The molecule has 0 amide bonds. The molecule has 4 atom stereocenters. The molecular weight excluding hydrogens is 346 g/mol. The van der Waals surface area contributed by atoms with Gasteiger partial charge in [-0.2, -0.15) is 4.98 Å². The molecule has 3 heterocycles. The SMILES string of the molecule is COC(=O)/C=C/c1cn(C2O[C@H](CO)[C@@H]3OC(C)(C)O[C@H]23)c(=O)nc1N. The average Bonchev–Trinajstić information content (AvgIpc) is 3.06. The summed E-state index contributed by atoms with van der Waals surface area (Å²) in [5.41, 5.74) is 5.44. The maximum Gasteiger partial charge on any atom is 0.351 e. The number of nitrogen functional groups attached to an aromatic ring is 1. The molecule has 0 aromatic carbocycles. The molecule has 3 N–H and O–H groups in total. The van der Waals surface area contributed by atoms with Crippen LogP contribution in [0.15, 0.2) is 17.1 Å². The maximum atomic E-state index is 12.3. The fraction of sp³-hybridized carbons (Fsp3) is 0.562. The first kappa shape index (κ1) is 18.5. The van der Waals surface area contributed by atoms with Gasteiger partial charge in [0.2, 0.25) is 0 Å². The third-order valence-corrected chi connectivity index (χ3v) is 4.19. The van der Waals surface area contributed by atoms with Crippen LogP contribution < -0.4 is 11.4 Å². The van der Waals surface area contributed by atoms with Crippen molar-refractivity contribution < 1.29 is 28.8 Å². The monoisotopic (exact) mass is 367 g/mol. The molecule has 0 aliphatic carbocycles. The van der Waals surface area contributed by atoms with Crippen LogP contribution in [0.2, 0.25) is 0 Å². The van der Waals surface area contributed by atoms with Crippen molar-refractivity contribution in [3.8, 4) is 0 Å². The fourth-order valence-electron chi connectivity index (χ4n) is 3.06. The van der Waals surface area contributed by atoms with Crippen LogP contribution in [-0.4, -0.2) is 58.4 Å². The lowest BCUT2D eigenvalue weighted by Crippen LogP contribution is -2.35. The number of methoxy groups -OCH3 is 1. The Bertz CT molecular complexity index is 789. The van der Waals surface area contributed by atoms with Crippen molar-refractivity contribution in [1.82, 2.24) is 9.55 Å². The second-order valence-corrected chi connectivity index (χ2v) is 6.44. The Morgan fingerprint density at radius 3 is 2.81 bits per heavy atom. The van der Waals surface area contributed by atoms with Gasteiger partial charge in [-0.1, -0.05) is 0 Å². The first-order valence-corrected chi connectivity index (χ1v) is 8.02. The Balaban J connectivity index is 1.97. The van der Waals surface area contributed by atoms with Crippen molar-refractivity contribution in [1.29, 1.82) is 0 Å². The van der Waals surface area contributed by atoms with E-state index in [0.29, 0.717) is 5.56 Å². The van der Waals surface area contributed by atoms with Crippen LogP contribution in [-0.2, 0) is 23.7 Å². The zero-order valence-corrected chi connectivity index (χ0v) is 14.6. The highest BCUT2D eigenvalue weighted by Gasteiger charge is 2.55. The van der Waals surface area contributed by atoms with Crippen LogP contribution in [0.4, 0.5) is 5.82 Å². The highest BCUT2D eigenvalue weighted by molar-refractivity contribution is 5.87. The summed E-state index contributed by atoms with van der Waals surface area (Å²) in [6.45, 7) is 3.19. The van der Waals surface area contributed by atoms with E-state index in [1.807, 2.05) is 0 Å². The lowest BCUT2D eigenvalue weighted by molar-refractivity contribution is -0.200. The number of esters is 1. The quantitative estimate of drug-likeness (QED) is 0.529. The Kier molecular flexibility index (Phi) is 4.84. The highest BCUT2D eigenvalue weighted by Crippen LogP contribution is 2.42. The Hall–Kier alpha value is -2.27. The van der Waals surface area contributed by atoms with Gasteiger partial charge < -0.3 is 29.8 Å². The summed E-state index contributed by atoms with van der Waals surface area (Å²) in [5.74, 6) is -1.49. The topological polar surface area (TPSA) is 135 Å². The lowest BCUT2D eigenvalue weighted by Gasteiger charge is -2.24. The van der Waals surface area contributed by atoms with Crippen LogP contribution >= 0.6 is 0 Å². The van der Waals surface area contributed by atoms with Gasteiger partial charge in [0, 0.05) is 17.8 Å². The number of anilines is 1. The van der Waals surface area contributed by atoms with E-state index < -0.39 is 42.0 Å². The number of carbonyl (C=O) groups is 1. The van der Waals surface area contributed by atoms with E-state index in [0.717, 1.165) is 6.08 Å². The summed E-state index contributed by atoms with van der Waals surface area (Å²) in [4.78, 5) is 27.4. The molecule has 1 unspecified atom stereocenters. The number of ether oxygens (including phenoxy) is 4. The van der Waals surface area contributed by atoms with Gasteiger partial charge in [0.1, 0.15) is 24.1 Å². The van der Waals surface area contributed by atoms with Crippen molar-refractivity contribution >= 4 is 17.9 Å². The molecule has 3 rings (SSSR count). The number of aliphatic hydroxyl groups is 1. The van der Waals surface area contributed by atoms with E-state index in [1.54, 1.807) is 13.8 Å². The lowest BCUT2D eigenvalue weighted by atomic mass is 10.1. The van der Waals surface area contributed by atoms with E-state index in [-0.39, 0.29) is 12.4 Å². The van der Waals surface area contributed by atoms with Gasteiger partial charge in [-0.05, 0) is 19.9 Å². The molecule has 0 radical (unpaired) electrons. The number of aliphatic hydroxyl groups excluding tert-OH is 1. The van der Waals surface area contributed by atoms with Gasteiger partial charge in [0.25, 0.3) is 0 Å². The molecule has 26 heavy (non-hydrogen) atoms. The zero-order valence-electron chi connectivity index (χ0n) is 14.6. The molecule has 2 saturated heterocycles. The number of nitrogens with two attached hydrogens (primary N) is 1. The third-order valence-electron chi connectivity index (χ3n) is 4.19. The normalized spacial score (nSPS) is 29.8. The Morgan fingerprint density at radius 1 is 1.46 bits per heavy atom. The van der Waals surface area contributed by atoms with E-state index in [9.17, 15) is 14.7 Å². The second-order valence-electron chi connectivity index (χ2n) is 6.44. The summed E-state index contributed by atoms with van der Waals surface area (Å²) in [7, 11) is 1.25. The minimum atomic E-state index is -0.872. The number of carbonyl (C=O) groups excluding carboxylic acids is 1. The molecule has 0 saturated carbocycles. The zero-order chi connectivity index (χ0) is 19.1. The van der Waals surface area contributed by atoms with Crippen molar-refractivity contribution in [3.63, 3.8) is 0 Å². The highest BCUT2D eigenvalue weighted by atomic mass is 16.8. The van der Waals surface area contributed by atoms with E-state index in [1.165, 1.54) is 23.9 Å². The minimum absolute atomic E-state index is 0.0384. The van der Waals surface area contributed by atoms with Crippen LogP contribution in [0, 0.1) is 0 Å². The predicted octanol–water partition coefficient (Wildman–Crippen LogP) is -0.578. The number of hydrogen-bond acceptors (Lipinski definition) is 9. The summed E-state index contributed by atoms with van der Waals surface area (Å²) >= 11 is 0. The van der Waals surface area contributed by atoms with E-state index >= 15 is 0 Å². The van der Waals surface area contributed by atoms with Crippen molar-refractivity contribution in [2.24, 2.45) is 0 Å². The maximum absolute atomic E-state index is 12.3. The van der Waals surface area contributed by atoms with E-state index in [2.05, 4.69) is 9.72 Å². The van der Waals surface area contributed by atoms with Crippen molar-refractivity contribution in [3.05, 3.63) is 28.3 Å². The molecule has 0 spiro atoms. The summed E-state index contributed by atoms with van der Waals surface area (Å²) in [6.07, 6.45) is 1.32. The first-order valence-electron chi connectivity index (χ1n) is 8.02. The number of aromatic nitrogens is 2. The second kappa shape index (κ2) is 6.80. The molecule has 142 valence electrons. The van der Waals surface area contributed by atoms with Gasteiger partial charge in [0.15, 0.2) is 12.0 Å². The molecule has 2 aliphatic rings. The van der Waals surface area contributed by atoms with Gasteiger partial charge in [-0.3, -0.25) is 4.57 Å². The molecule has 2 fully saturated rings.